The monoisotopic (exact) mass is 380 g/mol. The number of hydrogen-bond donors (Lipinski definition) is 0. The molecular formula is C6F12O3S. The zero-order chi connectivity index (χ0) is 18.4. The van der Waals surface area contributed by atoms with Crippen LogP contribution < -0.4 is 0 Å². The first-order chi connectivity index (χ1) is 9.33. The van der Waals surface area contributed by atoms with Crippen LogP contribution in [0.5, 0.6) is 0 Å². The van der Waals surface area contributed by atoms with Gasteiger partial charge in [-0.15, -0.1) is 0 Å². The van der Waals surface area contributed by atoms with Gasteiger partial charge in [0.25, 0.3) is 0 Å². The Labute approximate surface area is 112 Å². The normalized spacial score (nSPS) is 14.7. The summed E-state index contributed by atoms with van der Waals surface area (Å²) in [6.07, 6.45) is -11.0. The Hall–Kier alpha value is -1.35. The molecule has 0 N–H and O–H groups in total. The van der Waals surface area contributed by atoms with E-state index in [9.17, 15) is 60.6 Å². The topological polar surface area (TPSA) is 43.4 Å². The van der Waals surface area contributed by atoms with Crippen LogP contribution in [-0.4, -0.2) is 31.6 Å². The van der Waals surface area contributed by atoms with E-state index in [0.29, 0.717) is 0 Å². The van der Waals surface area contributed by atoms with Crippen LogP contribution in [0.3, 0.4) is 0 Å². The average Bonchev–Trinajstić information content (AvgIpc) is 2.25. The van der Waals surface area contributed by atoms with Crippen molar-refractivity contribution >= 4 is 10.2 Å². The first kappa shape index (κ1) is 20.6. The van der Waals surface area contributed by atoms with Crippen LogP contribution in [0.15, 0.2) is 12.1 Å². The number of ether oxygens (including phenoxy) is 1. The van der Waals surface area contributed by atoms with Gasteiger partial charge in [0.05, 0.1) is 0 Å². The fourth-order valence-electron chi connectivity index (χ4n) is 0.734. The summed E-state index contributed by atoms with van der Waals surface area (Å²) < 4.78 is 168. The predicted molar refractivity (Wildman–Crippen MR) is 41.3 cm³/mol. The van der Waals surface area contributed by atoms with Gasteiger partial charge < -0.3 is 4.74 Å². The van der Waals surface area contributed by atoms with E-state index in [1.165, 1.54) is 0 Å². The van der Waals surface area contributed by atoms with E-state index in [0.717, 1.165) is 0 Å². The highest BCUT2D eigenvalue weighted by molar-refractivity contribution is 7.87. The van der Waals surface area contributed by atoms with Gasteiger partial charge in [-0.05, 0) is 0 Å². The molecule has 22 heavy (non-hydrogen) atoms. The second kappa shape index (κ2) is 5.38. The fraction of sp³-hybridized carbons (Fsp3) is 0.667. The number of halogens is 12. The molecule has 0 fully saturated rings. The number of hydrogen-bond acceptors (Lipinski definition) is 3. The van der Waals surface area contributed by atoms with Crippen molar-refractivity contribution in [1.29, 1.82) is 0 Å². The lowest BCUT2D eigenvalue weighted by molar-refractivity contribution is -0.413. The third kappa shape index (κ3) is 3.05. The molecule has 0 unspecified atom stereocenters. The number of alkyl halides is 8. The lowest BCUT2D eigenvalue weighted by Gasteiger charge is -2.33. The maximum Gasteiger partial charge on any atom is 0.473 e. The summed E-state index contributed by atoms with van der Waals surface area (Å²) >= 11 is 0. The highest BCUT2D eigenvalue weighted by atomic mass is 32.3. The highest BCUT2D eigenvalue weighted by Gasteiger charge is 2.86. The Morgan fingerprint density at radius 3 is 1.41 bits per heavy atom. The van der Waals surface area contributed by atoms with Crippen LogP contribution in [0.25, 0.3) is 0 Å². The molecule has 0 rings (SSSR count). The maximum absolute atomic E-state index is 12.7. The lowest BCUT2D eigenvalue weighted by atomic mass is 10.1. The predicted octanol–water partition coefficient (Wildman–Crippen LogP) is 3.79. The molecule has 0 radical (unpaired) electrons. The minimum absolute atomic E-state index is 1.81. The molecule has 0 aliphatic rings. The maximum atomic E-state index is 12.7. The van der Waals surface area contributed by atoms with E-state index >= 15 is 0 Å². The Morgan fingerprint density at radius 2 is 1.14 bits per heavy atom. The van der Waals surface area contributed by atoms with Gasteiger partial charge in [0.15, 0.2) is 0 Å². The Morgan fingerprint density at radius 1 is 0.773 bits per heavy atom. The third-order valence-electron chi connectivity index (χ3n) is 1.80. The largest absolute Gasteiger partial charge is 0.473 e. The summed E-state index contributed by atoms with van der Waals surface area (Å²) in [5.41, 5.74) is 0. The van der Waals surface area contributed by atoms with E-state index < -0.39 is 45.5 Å². The van der Waals surface area contributed by atoms with E-state index in [1.807, 2.05) is 4.74 Å². The molecule has 0 bridgehead atoms. The molecule has 0 atom stereocenters. The molecule has 0 aromatic heterocycles. The first-order valence-electron chi connectivity index (χ1n) is 4.18. The second-order valence-electron chi connectivity index (χ2n) is 3.26. The van der Waals surface area contributed by atoms with Gasteiger partial charge in [-0.2, -0.15) is 56.7 Å². The molecule has 0 saturated carbocycles. The quantitative estimate of drug-likeness (QED) is 0.400. The van der Waals surface area contributed by atoms with Crippen molar-refractivity contribution in [1.82, 2.24) is 0 Å². The zero-order valence-electron chi connectivity index (χ0n) is 9.17. The van der Waals surface area contributed by atoms with Crippen molar-refractivity contribution in [3.05, 3.63) is 12.1 Å². The molecule has 16 heteroatoms. The number of rotatable bonds is 6. The summed E-state index contributed by atoms with van der Waals surface area (Å²) in [6.45, 7) is 0. The summed E-state index contributed by atoms with van der Waals surface area (Å²) in [7, 11) is -7.85. The van der Waals surface area contributed by atoms with Crippen molar-refractivity contribution in [2.75, 3.05) is 0 Å². The fourth-order valence-corrected chi connectivity index (χ4v) is 1.17. The molecule has 0 aromatic carbocycles. The molecule has 0 heterocycles. The van der Waals surface area contributed by atoms with Crippen LogP contribution in [-0.2, 0) is 15.0 Å². The average molecular weight is 380 g/mol. The Bertz CT molecular complexity index is 559. The van der Waals surface area contributed by atoms with Crippen molar-refractivity contribution in [2.24, 2.45) is 0 Å². The van der Waals surface area contributed by atoms with E-state index in [2.05, 4.69) is 0 Å². The van der Waals surface area contributed by atoms with Gasteiger partial charge in [0, 0.05) is 0 Å². The molecule has 132 valence electrons. The summed E-state index contributed by atoms with van der Waals surface area (Å²) in [5, 5.41) is -7.41. The van der Waals surface area contributed by atoms with Crippen LogP contribution >= 0.6 is 0 Å². The van der Waals surface area contributed by atoms with Crippen LogP contribution in [0.1, 0.15) is 0 Å². The molecular weight excluding hydrogens is 380 g/mol. The van der Waals surface area contributed by atoms with Gasteiger partial charge in [-0.25, -0.2) is 0 Å². The van der Waals surface area contributed by atoms with Crippen LogP contribution in [0.2, 0.25) is 0 Å². The summed E-state index contributed by atoms with van der Waals surface area (Å²) in [5.74, 6) is -15.3. The van der Waals surface area contributed by atoms with Gasteiger partial charge >= 0.3 is 45.5 Å². The Kier molecular flexibility index (Phi) is 5.05. The molecule has 0 spiro atoms. The zero-order valence-corrected chi connectivity index (χ0v) is 9.99. The summed E-state index contributed by atoms with van der Waals surface area (Å²) in [6, 6.07) is -3.84. The molecule has 0 aromatic rings. The van der Waals surface area contributed by atoms with Gasteiger partial charge in [-0.1, -0.05) is 3.89 Å². The van der Waals surface area contributed by atoms with Gasteiger partial charge in [0.2, 0.25) is 0 Å². The van der Waals surface area contributed by atoms with Crippen molar-refractivity contribution in [3.63, 3.8) is 0 Å². The minimum atomic E-state index is -7.85. The standard InChI is InChI=1S/C6F12O3S/c7-1(8)2(9)21-5(14,15)3(10,11)4(12,13)6(16,17)22(18,19)20. The van der Waals surface area contributed by atoms with E-state index in [-0.39, 0.29) is 0 Å². The second-order valence-corrected chi connectivity index (χ2v) is 4.64. The van der Waals surface area contributed by atoms with E-state index in [4.69, 9.17) is 0 Å². The van der Waals surface area contributed by atoms with Gasteiger partial charge in [-0.3, -0.25) is 0 Å². The van der Waals surface area contributed by atoms with Crippen molar-refractivity contribution < 1.29 is 65.3 Å². The molecule has 3 nitrogen and oxygen atoms in total. The van der Waals surface area contributed by atoms with Crippen LogP contribution in [0.4, 0.5) is 52.2 Å². The summed E-state index contributed by atoms with van der Waals surface area (Å²) in [4.78, 5) is 0. The third-order valence-corrected chi connectivity index (χ3v) is 2.67. The first-order valence-corrected chi connectivity index (χ1v) is 5.56. The van der Waals surface area contributed by atoms with Crippen molar-refractivity contribution in [3.8, 4) is 0 Å². The van der Waals surface area contributed by atoms with Gasteiger partial charge in [0.1, 0.15) is 0 Å². The highest BCUT2D eigenvalue weighted by Crippen LogP contribution is 2.55. The lowest BCUT2D eigenvalue weighted by Crippen LogP contribution is -2.64. The molecule has 0 saturated heterocycles. The molecule has 0 aliphatic carbocycles. The molecule has 0 amide bonds. The SMILES string of the molecule is O=S(=O)(F)C(F)(F)C(F)(F)C(F)(F)C(F)(F)OC(F)=C(F)F. The minimum Gasteiger partial charge on any atom is -0.397 e. The molecule has 0 aliphatic heterocycles. The van der Waals surface area contributed by atoms with Crippen LogP contribution in [0, 0.1) is 0 Å². The van der Waals surface area contributed by atoms with Crippen molar-refractivity contribution in [2.45, 2.75) is 23.2 Å². The van der Waals surface area contributed by atoms with E-state index in [1.54, 1.807) is 0 Å². The smallest absolute Gasteiger partial charge is 0.397 e. The Balaban J connectivity index is 6.06.